The molecule has 212 valence electrons. The predicted molar refractivity (Wildman–Crippen MR) is 141 cm³/mol. The number of amides is 1. The van der Waals surface area contributed by atoms with Gasteiger partial charge in [0, 0.05) is 62.3 Å². The van der Waals surface area contributed by atoms with Crippen LogP contribution in [0, 0.1) is 0 Å². The van der Waals surface area contributed by atoms with E-state index in [1.165, 1.54) is 0 Å². The summed E-state index contributed by atoms with van der Waals surface area (Å²) >= 11 is 0. The van der Waals surface area contributed by atoms with Crippen LogP contribution in [0.2, 0.25) is 0 Å². The number of carbonyl (C=O) groups is 1. The summed E-state index contributed by atoms with van der Waals surface area (Å²) in [6, 6.07) is 1.98. The van der Waals surface area contributed by atoms with Gasteiger partial charge in [0.05, 0.1) is 13.2 Å². The first kappa shape index (κ1) is 26.6. The van der Waals surface area contributed by atoms with Crippen LogP contribution in [-0.2, 0) is 14.9 Å². The first-order chi connectivity index (χ1) is 18.5. The van der Waals surface area contributed by atoms with E-state index < -0.39 is 10.2 Å². The van der Waals surface area contributed by atoms with Crippen molar-refractivity contribution in [3.63, 3.8) is 0 Å². The van der Waals surface area contributed by atoms with Gasteiger partial charge in [0.1, 0.15) is 5.76 Å². The summed E-state index contributed by atoms with van der Waals surface area (Å²) in [5.41, 5.74) is 0.326. The molecule has 1 saturated carbocycles. The number of piperidine rings is 2. The fourth-order valence-electron chi connectivity index (χ4n) is 6.70. The minimum atomic E-state index is -3.51. The summed E-state index contributed by atoms with van der Waals surface area (Å²) in [5.74, 6) is 0.985. The number of nitrogens with zero attached hydrogens (tertiary/aromatic N) is 4. The quantitative estimate of drug-likeness (QED) is 0.419. The molecule has 1 amide bonds. The third-order valence-corrected chi connectivity index (χ3v) is 11.1. The Labute approximate surface area is 225 Å². The Balaban J connectivity index is 0.956. The Morgan fingerprint density at radius 2 is 1.68 bits per heavy atom. The first-order valence-electron chi connectivity index (χ1n) is 14.6. The zero-order valence-electron chi connectivity index (χ0n) is 22.2. The second kappa shape index (κ2) is 11.5. The fourth-order valence-corrected chi connectivity index (χ4v) is 8.78. The van der Waals surface area contributed by atoms with E-state index in [1.54, 1.807) is 14.7 Å². The van der Waals surface area contributed by atoms with Gasteiger partial charge in [0.2, 0.25) is 0 Å². The molecule has 3 atom stereocenters. The number of morpholine rings is 1. The van der Waals surface area contributed by atoms with Crippen LogP contribution in [0.4, 0.5) is 0 Å². The van der Waals surface area contributed by atoms with E-state index in [0.29, 0.717) is 43.6 Å². The normalized spacial score (nSPS) is 30.1. The molecule has 2 bridgehead atoms. The monoisotopic (exact) mass is 550 g/mol. The fraction of sp³-hybridized carbons (Fsp3) is 0.846. The number of rotatable bonds is 10. The summed E-state index contributed by atoms with van der Waals surface area (Å²) in [5, 5.41) is 10.7. The summed E-state index contributed by atoms with van der Waals surface area (Å²) in [7, 11) is -3.51. The molecular weight excluding hydrogens is 508 g/mol. The van der Waals surface area contributed by atoms with E-state index in [9.17, 15) is 13.2 Å². The first-order valence-corrected chi connectivity index (χ1v) is 16.0. The van der Waals surface area contributed by atoms with E-state index >= 15 is 0 Å². The van der Waals surface area contributed by atoms with Crippen molar-refractivity contribution in [1.29, 1.82) is 0 Å². The van der Waals surface area contributed by atoms with E-state index in [0.717, 1.165) is 90.1 Å². The molecule has 4 aliphatic heterocycles. The van der Waals surface area contributed by atoms with E-state index in [1.807, 2.05) is 0 Å². The Hall–Kier alpha value is -1.57. The molecule has 2 N–H and O–H groups in total. The van der Waals surface area contributed by atoms with Crippen LogP contribution in [0.5, 0.6) is 0 Å². The Morgan fingerprint density at radius 1 is 0.974 bits per heavy atom. The van der Waals surface area contributed by atoms with Crippen molar-refractivity contribution in [2.24, 2.45) is 0 Å². The van der Waals surface area contributed by atoms with Gasteiger partial charge >= 0.3 is 0 Å². The lowest BCUT2D eigenvalue weighted by molar-refractivity contribution is 0.0373. The van der Waals surface area contributed by atoms with Crippen LogP contribution < -0.4 is 10.6 Å². The summed E-state index contributed by atoms with van der Waals surface area (Å²) < 4.78 is 41.5. The molecule has 4 saturated heterocycles. The van der Waals surface area contributed by atoms with Crippen LogP contribution in [0.15, 0.2) is 10.6 Å². The highest BCUT2D eigenvalue weighted by Crippen LogP contribution is 2.41. The molecule has 6 rings (SSSR count). The molecule has 38 heavy (non-hydrogen) atoms. The lowest BCUT2D eigenvalue weighted by atomic mass is 9.99. The van der Waals surface area contributed by atoms with Gasteiger partial charge in [-0.25, -0.2) is 0 Å². The molecule has 1 aromatic heterocycles. The second-order valence-electron chi connectivity index (χ2n) is 11.7. The van der Waals surface area contributed by atoms with Gasteiger partial charge in [-0.2, -0.15) is 17.0 Å². The highest BCUT2D eigenvalue weighted by atomic mass is 32.2. The molecule has 0 spiro atoms. The number of hydrogen-bond acceptors (Lipinski definition) is 8. The number of nitrogens with one attached hydrogen (secondary N) is 2. The smallest absolute Gasteiger partial charge is 0.282 e. The SMILES string of the molecule is O=C(NC1C[C@H]2CC[C@@H](C1)N2S(=O)(=O)N1CCC(NCCCN2CCOCC2)CC1)c1cc(C2CC2)on1. The maximum atomic E-state index is 13.7. The van der Waals surface area contributed by atoms with Crippen molar-refractivity contribution >= 4 is 16.1 Å². The van der Waals surface area contributed by atoms with Gasteiger partial charge < -0.3 is 19.9 Å². The zero-order chi connectivity index (χ0) is 26.1. The Morgan fingerprint density at radius 3 is 2.37 bits per heavy atom. The molecule has 1 aliphatic carbocycles. The van der Waals surface area contributed by atoms with Gasteiger partial charge in [-0.1, -0.05) is 5.16 Å². The second-order valence-corrected chi connectivity index (χ2v) is 13.5. The van der Waals surface area contributed by atoms with E-state index in [4.69, 9.17) is 9.26 Å². The highest BCUT2D eigenvalue weighted by molar-refractivity contribution is 7.86. The minimum absolute atomic E-state index is 0.0417. The van der Waals surface area contributed by atoms with Crippen LogP contribution in [0.3, 0.4) is 0 Å². The van der Waals surface area contributed by atoms with Gasteiger partial charge in [0.15, 0.2) is 5.69 Å². The third-order valence-electron chi connectivity index (χ3n) is 8.98. The van der Waals surface area contributed by atoms with Crippen molar-refractivity contribution in [2.45, 2.75) is 87.9 Å². The predicted octanol–water partition coefficient (Wildman–Crippen LogP) is 1.30. The van der Waals surface area contributed by atoms with Crippen molar-refractivity contribution in [3.8, 4) is 0 Å². The molecule has 1 unspecified atom stereocenters. The third kappa shape index (κ3) is 5.95. The number of hydrogen-bond donors (Lipinski definition) is 2. The molecule has 0 radical (unpaired) electrons. The van der Waals surface area contributed by atoms with Gasteiger partial charge in [-0.3, -0.25) is 9.69 Å². The lowest BCUT2D eigenvalue weighted by Crippen LogP contribution is -2.57. The Bertz CT molecular complexity index is 1050. The number of fused-ring (bicyclic) bond motifs is 2. The average Bonchev–Trinajstić information content (AvgIpc) is 3.58. The van der Waals surface area contributed by atoms with Crippen molar-refractivity contribution < 1.29 is 22.5 Å². The molecular formula is C26H42N6O5S. The molecule has 1 aromatic rings. The molecule has 5 aliphatic rings. The summed E-state index contributed by atoms with van der Waals surface area (Å²) in [6.45, 7) is 6.88. The lowest BCUT2D eigenvalue weighted by Gasteiger charge is -2.42. The molecule has 0 aromatic carbocycles. The summed E-state index contributed by atoms with van der Waals surface area (Å²) in [4.78, 5) is 15.2. The maximum Gasteiger partial charge on any atom is 0.282 e. The number of aromatic nitrogens is 1. The number of carbonyl (C=O) groups excluding carboxylic acids is 1. The van der Waals surface area contributed by atoms with Gasteiger partial charge in [-0.15, -0.1) is 0 Å². The van der Waals surface area contributed by atoms with Gasteiger partial charge in [0.25, 0.3) is 16.1 Å². The van der Waals surface area contributed by atoms with E-state index in [-0.39, 0.29) is 24.0 Å². The molecule has 5 heterocycles. The van der Waals surface area contributed by atoms with Crippen LogP contribution in [0.1, 0.15) is 80.0 Å². The maximum absolute atomic E-state index is 13.7. The van der Waals surface area contributed by atoms with Crippen molar-refractivity contribution in [3.05, 3.63) is 17.5 Å². The molecule has 12 heteroatoms. The van der Waals surface area contributed by atoms with Crippen molar-refractivity contribution in [1.82, 2.24) is 29.3 Å². The van der Waals surface area contributed by atoms with Crippen LogP contribution in [0.25, 0.3) is 0 Å². The molecule has 5 fully saturated rings. The Kier molecular flexibility index (Phi) is 8.06. The van der Waals surface area contributed by atoms with Crippen LogP contribution in [-0.4, -0.2) is 110 Å². The summed E-state index contributed by atoms with van der Waals surface area (Å²) in [6.07, 6.45) is 7.99. The highest BCUT2D eigenvalue weighted by Gasteiger charge is 2.49. The van der Waals surface area contributed by atoms with Gasteiger partial charge in [-0.05, 0) is 70.9 Å². The topological polar surface area (TPSA) is 120 Å². The largest absolute Gasteiger partial charge is 0.379 e. The average molecular weight is 551 g/mol. The standard InChI is InChI=1S/C26H42N6O5S/c33-26(24-18-25(37-29-24)19-2-3-19)28-21-16-22-4-5-23(17-21)32(22)38(34,35)31-10-6-20(7-11-31)27-8-1-9-30-12-14-36-15-13-30/h18-23,27H,1-17H2,(H,28,33)/t21?,22-,23+. The van der Waals surface area contributed by atoms with Crippen molar-refractivity contribution in [2.75, 3.05) is 52.5 Å². The minimum Gasteiger partial charge on any atom is -0.379 e. The van der Waals surface area contributed by atoms with E-state index in [2.05, 4.69) is 20.7 Å². The zero-order valence-corrected chi connectivity index (χ0v) is 23.0. The number of ether oxygens (including phenoxy) is 1. The molecule has 11 nitrogen and oxygen atoms in total. The van der Waals surface area contributed by atoms with Crippen LogP contribution >= 0.6 is 0 Å².